The fraction of sp³-hybridized carbons (Fsp3) is 0.667. The predicted molar refractivity (Wildman–Crippen MR) is 78.7 cm³/mol. The highest BCUT2D eigenvalue weighted by Gasteiger charge is 2.52. The number of rotatable bonds is 3. The summed E-state index contributed by atoms with van der Waals surface area (Å²) in [5.41, 5.74) is 3.03. The highest BCUT2D eigenvalue weighted by atomic mass is 16.7. The van der Waals surface area contributed by atoms with Crippen molar-refractivity contribution in [1.29, 1.82) is 0 Å². The van der Waals surface area contributed by atoms with Crippen molar-refractivity contribution >= 4 is 12.6 Å². The van der Waals surface area contributed by atoms with Crippen molar-refractivity contribution in [2.24, 2.45) is 0 Å². The summed E-state index contributed by atoms with van der Waals surface area (Å²) in [6.07, 6.45) is 5.75. The maximum absolute atomic E-state index is 6.19. The van der Waals surface area contributed by atoms with Crippen LogP contribution in [0.5, 0.6) is 0 Å². The third kappa shape index (κ3) is 2.44. The minimum Gasteiger partial charge on any atom is -0.399 e. The Hall–Kier alpha value is -0.865. The van der Waals surface area contributed by atoms with E-state index >= 15 is 0 Å². The van der Waals surface area contributed by atoms with Crippen LogP contribution in [0.2, 0.25) is 0 Å². The molecule has 0 bridgehead atoms. The highest BCUT2D eigenvalue weighted by molar-refractivity contribution is 6.63. The predicted octanol–water partition coefficient (Wildman–Crippen LogP) is 2.51. The van der Waals surface area contributed by atoms with E-state index in [4.69, 9.17) is 9.31 Å². The molecule has 1 aromatic rings. The van der Waals surface area contributed by atoms with Crippen molar-refractivity contribution in [3.05, 3.63) is 23.5 Å². The van der Waals surface area contributed by atoms with Gasteiger partial charge < -0.3 is 9.31 Å². The van der Waals surface area contributed by atoms with Gasteiger partial charge in [-0.2, -0.15) is 0 Å². The zero-order chi connectivity index (χ0) is 14.3. The van der Waals surface area contributed by atoms with E-state index in [1.807, 2.05) is 12.4 Å². The lowest BCUT2D eigenvalue weighted by Crippen LogP contribution is -2.41. The molecule has 0 aromatic carbocycles. The van der Waals surface area contributed by atoms with E-state index < -0.39 is 0 Å². The van der Waals surface area contributed by atoms with Gasteiger partial charge in [-0.15, -0.1) is 0 Å². The number of hydrogen-bond acceptors (Lipinski definition) is 3. The molecule has 0 radical (unpaired) electrons. The third-order valence-corrected chi connectivity index (χ3v) is 4.40. The number of aryl methyl sites for hydroxylation is 2. The Morgan fingerprint density at radius 3 is 1.74 bits per heavy atom. The molecular formula is C15H24BNO2. The van der Waals surface area contributed by atoms with E-state index in [1.54, 1.807) is 0 Å². The average molecular weight is 261 g/mol. The lowest BCUT2D eigenvalue weighted by Gasteiger charge is -2.32. The molecule has 0 saturated carbocycles. The first-order valence-corrected chi connectivity index (χ1v) is 7.13. The maximum Gasteiger partial charge on any atom is 0.495 e. The lowest BCUT2D eigenvalue weighted by atomic mass is 9.73. The first-order chi connectivity index (χ1) is 8.82. The van der Waals surface area contributed by atoms with Crippen LogP contribution in [-0.4, -0.2) is 23.3 Å². The smallest absolute Gasteiger partial charge is 0.399 e. The van der Waals surface area contributed by atoms with Crippen LogP contribution in [0.4, 0.5) is 0 Å². The topological polar surface area (TPSA) is 31.4 Å². The van der Waals surface area contributed by atoms with E-state index in [2.05, 4.69) is 46.5 Å². The summed E-state index contributed by atoms with van der Waals surface area (Å²) in [7, 11) is -0.280. The Morgan fingerprint density at radius 2 is 1.37 bits per heavy atom. The second-order valence-electron chi connectivity index (χ2n) is 6.17. The molecule has 0 N–H and O–H groups in total. The van der Waals surface area contributed by atoms with Crippen LogP contribution in [0.15, 0.2) is 12.4 Å². The number of pyridine rings is 1. The van der Waals surface area contributed by atoms with Crippen molar-refractivity contribution in [3.63, 3.8) is 0 Å². The first-order valence-electron chi connectivity index (χ1n) is 7.13. The van der Waals surface area contributed by atoms with Gasteiger partial charge >= 0.3 is 7.12 Å². The van der Waals surface area contributed by atoms with Crippen LogP contribution in [0.1, 0.15) is 52.7 Å². The molecule has 1 aliphatic rings. The summed E-state index contributed by atoms with van der Waals surface area (Å²) in [5, 5.41) is 0. The summed E-state index contributed by atoms with van der Waals surface area (Å²) in [4.78, 5) is 4.32. The van der Waals surface area contributed by atoms with E-state index in [0.29, 0.717) is 0 Å². The molecule has 0 amide bonds. The molecule has 4 heteroatoms. The maximum atomic E-state index is 6.19. The quantitative estimate of drug-likeness (QED) is 0.783. The minimum atomic E-state index is -0.295. The molecule has 1 aromatic heterocycles. The molecule has 2 rings (SSSR count). The Labute approximate surface area is 116 Å². The summed E-state index contributed by atoms with van der Waals surface area (Å²) in [5.74, 6) is 0. The van der Waals surface area contributed by atoms with Gasteiger partial charge in [0.25, 0.3) is 0 Å². The Morgan fingerprint density at radius 1 is 0.947 bits per heavy atom. The van der Waals surface area contributed by atoms with E-state index in [1.165, 1.54) is 16.6 Å². The molecule has 1 fully saturated rings. The van der Waals surface area contributed by atoms with E-state index in [-0.39, 0.29) is 18.3 Å². The van der Waals surface area contributed by atoms with Gasteiger partial charge in [-0.3, -0.25) is 4.98 Å². The van der Waals surface area contributed by atoms with Gasteiger partial charge in [0.05, 0.1) is 11.2 Å². The van der Waals surface area contributed by atoms with Crippen molar-refractivity contribution in [3.8, 4) is 0 Å². The minimum absolute atomic E-state index is 0.280. The molecule has 2 heterocycles. The SMILES string of the molecule is CCc1cncc(CC)c1B1OC(C)(C)C(C)(C)O1. The number of nitrogens with zero attached hydrogens (tertiary/aromatic N) is 1. The molecule has 0 spiro atoms. The van der Waals surface area contributed by atoms with E-state index in [0.717, 1.165) is 12.8 Å². The average Bonchev–Trinajstić information content (AvgIpc) is 2.57. The summed E-state index contributed by atoms with van der Waals surface area (Å²) in [6.45, 7) is 12.6. The molecule has 1 aliphatic heterocycles. The first kappa shape index (κ1) is 14.5. The molecular weight excluding hydrogens is 237 g/mol. The molecule has 0 unspecified atom stereocenters. The van der Waals surface area contributed by atoms with Crippen LogP contribution < -0.4 is 5.46 Å². The van der Waals surface area contributed by atoms with Crippen LogP contribution in [0.25, 0.3) is 0 Å². The van der Waals surface area contributed by atoms with Crippen LogP contribution in [0, 0.1) is 0 Å². The largest absolute Gasteiger partial charge is 0.495 e. The number of hydrogen-bond donors (Lipinski definition) is 0. The van der Waals surface area contributed by atoms with Crippen molar-refractivity contribution in [2.45, 2.75) is 65.6 Å². The summed E-state index contributed by atoms with van der Waals surface area (Å²) >= 11 is 0. The Kier molecular flexibility index (Phi) is 3.76. The van der Waals surface area contributed by atoms with Gasteiger partial charge in [0.2, 0.25) is 0 Å². The number of aromatic nitrogens is 1. The van der Waals surface area contributed by atoms with Crippen molar-refractivity contribution in [1.82, 2.24) is 4.98 Å². The van der Waals surface area contributed by atoms with E-state index in [9.17, 15) is 0 Å². The molecule has 19 heavy (non-hydrogen) atoms. The monoisotopic (exact) mass is 261 g/mol. The van der Waals surface area contributed by atoms with Crippen LogP contribution in [-0.2, 0) is 22.2 Å². The fourth-order valence-corrected chi connectivity index (χ4v) is 2.39. The third-order valence-electron chi connectivity index (χ3n) is 4.40. The van der Waals surface area contributed by atoms with Gasteiger partial charge in [0.1, 0.15) is 0 Å². The molecule has 1 saturated heterocycles. The summed E-state index contributed by atoms with van der Waals surface area (Å²) < 4.78 is 12.4. The standard InChI is InChI=1S/C15H24BNO2/c1-7-11-9-17-10-12(8-2)13(11)16-18-14(3,4)15(5,6)19-16/h9-10H,7-8H2,1-6H3. The van der Waals surface area contributed by atoms with Gasteiger partial charge in [0.15, 0.2) is 0 Å². The molecule has 0 aliphatic carbocycles. The lowest BCUT2D eigenvalue weighted by molar-refractivity contribution is 0.00578. The van der Waals surface area contributed by atoms with Crippen LogP contribution in [0.3, 0.4) is 0 Å². The molecule has 0 atom stereocenters. The molecule has 3 nitrogen and oxygen atoms in total. The second-order valence-corrected chi connectivity index (χ2v) is 6.17. The zero-order valence-electron chi connectivity index (χ0n) is 12.9. The fourth-order valence-electron chi connectivity index (χ4n) is 2.39. The zero-order valence-corrected chi connectivity index (χ0v) is 12.9. The normalized spacial score (nSPS) is 20.8. The van der Waals surface area contributed by atoms with Crippen LogP contribution >= 0.6 is 0 Å². The Bertz CT molecular complexity index is 433. The van der Waals surface area contributed by atoms with Gasteiger partial charge in [-0.1, -0.05) is 13.8 Å². The molecule has 104 valence electrons. The highest BCUT2D eigenvalue weighted by Crippen LogP contribution is 2.36. The van der Waals surface area contributed by atoms with Gasteiger partial charge in [0, 0.05) is 12.4 Å². The van der Waals surface area contributed by atoms with Crippen molar-refractivity contribution in [2.75, 3.05) is 0 Å². The summed E-state index contributed by atoms with van der Waals surface area (Å²) in [6, 6.07) is 0. The van der Waals surface area contributed by atoms with Gasteiger partial charge in [-0.25, -0.2) is 0 Å². The Balaban J connectivity index is 2.44. The van der Waals surface area contributed by atoms with Gasteiger partial charge in [-0.05, 0) is 57.1 Å². The van der Waals surface area contributed by atoms with Crippen molar-refractivity contribution < 1.29 is 9.31 Å². The second kappa shape index (κ2) is 4.91.